The second-order valence-electron chi connectivity index (χ2n) is 32.9. The van der Waals surface area contributed by atoms with E-state index in [4.69, 9.17) is 0 Å². The molecule has 0 radical (unpaired) electrons. The highest BCUT2D eigenvalue weighted by Gasteiger charge is 2.35. The third-order valence-corrected chi connectivity index (χ3v) is 27.1. The van der Waals surface area contributed by atoms with Crippen molar-refractivity contribution >= 4 is 0 Å². The summed E-state index contributed by atoms with van der Waals surface area (Å²) in [5.74, 6) is 20.9. The number of rotatable bonds is 18. The van der Waals surface area contributed by atoms with Gasteiger partial charge in [0.25, 0.3) is 0 Å². The molecule has 0 saturated heterocycles. The standard InChI is InChI=1S/2C18H32.C17H30.C16H30.C15H28/c1-3-5-6-16-9-13-18(14-10-16)17-11-7-15(4-2)8-12-17;1-3-5-15-7-11-17(12-8-15)18-13-9-16(6-4-2)10-14-18;1-3-5-15-8-12-17(13-9-15)16-10-6-14(4-2)7-11-16;1-3-4-14-7-11-16(12-8-14)15-9-5-13(2)6-10-15;1-3-13-6-10-15(11-7-13)14-8-4-12(2)5-9-14/h4,15-18H,2-3,5-14H2,1H3;3,5,15-18H,4,6-14H2,1-2H3;4,14-17H,2-3,5-13H2,1H3;13-16H,3-12H2,1-2H3;12-15H,3-11H2,1-2H3/b;5-3+;;;. The molecule has 0 amide bonds. The fraction of sp³-hybridized carbons (Fsp3) is 0.929. The Kier molecular flexibility index (Phi) is 36.4. The van der Waals surface area contributed by atoms with E-state index in [0.29, 0.717) is 0 Å². The molecule has 488 valence electrons. The van der Waals surface area contributed by atoms with Crippen molar-refractivity contribution in [3.63, 3.8) is 0 Å². The lowest BCUT2D eigenvalue weighted by Gasteiger charge is -2.37. The van der Waals surface area contributed by atoms with Crippen molar-refractivity contribution in [3.05, 3.63) is 37.5 Å². The first-order valence-electron chi connectivity index (χ1n) is 40.0. The highest BCUT2D eigenvalue weighted by atomic mass is 14.4. The van der Waals surface area contributed by atoms with E-state index < -0.39 is 0 Å². The van der Waals surface area contributed by atoms with E-state index in [9.17, 15) is 0 Å². The molecular weight excluding hydrogens is 1010 g/mol. The molecule has 10 aliphatic carbocycles. The van der Waals surface area contributed by atoms with Gasteiger partial charge in [0.15, 0.2) is 0 Å². The van der Waals surface area contributed by atoms with Gasteiger partial charge in [0.05, 0.1) is 0 Å². The van der Waals surface area contributed by atoms with Gasteiger partial charge in [0.2, 0.25) is 0 Å². The number of hydrogen-bond donors (Lipinski definition) is 0. The molecule has 0 heterocycles. The van der Waals surface area contributed by atoms with Gasteiger partial charge in [-0.15, -0.1) is 13.2 Å². The minimum absolute atomic E-state index is 0.835. The predicted molar refractivity (Wildman–Crippen MR) is 376 cm³/mol. The first kappa shape index (κ1) is 72.3. The van der Waals surface area contributed by atoms with Crippen molar-refractivity contribution in [1.29, 1.82) is 0 Å². The molecule has 0 aromatic heterocycles. The minimum Gasteiger partial charge on any atom is -0.103 e. The van der Waals surface area contributed by atoms with Crippen molar-refractivity contribution in [2.75, 3.05) is 0 Å². The third kappa shape index (κ3) is 26.2. The van der Waals surface area contributed by atoms with E-state index in [1.165, 1.54) is 244 Å². The van der Waals surface area contributed by atoms with Crippen LogP contribution in [0.1, 0.15) is 376 Å². The molecule has 10 fully saturated rings. The zero-order valence-corrected chi connectivity index (χ0v) is 58.6. The van der Waals surface area contributed by atoms with Gasteiger partial charge >= 0.3 is 0 Å². The lowest BCUT2D eigenvalue weighted by atomic mass is 9.69. The lowest BCUT2D eigenvalue weighted by molar-refractivity contribution is 0.147. The summed E-state index contributed by atoms with van der Waals surface area (Å²) in [6.45, 7) is 26.7. The summed E-state index contributed by atoms with van der Waals surface area (Å²) >= 11 is 0. The summed E-state index contributed by atoms with van der Waals surface area (Å²) in [5, 5.41) is 0. The molecule has 0 aromatic rings. The molecule has 0 unspecified atom stereocenters. The van der Waals surface area contributed by atoms with Gasteiger partial charge in [-0.25, -0.2) is 0 Å². The van der Waals surface area contributed by atoms with Crippen molar-refractivity contribution in [1.82, 2.24) is 0 Å². The summed E-state index contributed by atoms with van der Waals surface area (Å²) < 4.78 is 0. The molecule has 10 aliphatic rings. The van der Waals surface area contributed by atoms with Crippen LogP contribution in [0.5, 0.6) is 0 Å². The number of unbranched alkanes of at least 4 members (excludes halogenated alkanes) is 1. The topological polar surface area (TPSA) is 0 Å². The molecule has 0 atom stereocenters. The predicted octanol–water partition coefficient (Wildman–Crippen LogP) is 28.0. The first-order chi connectivity index (χ1) is 41.1. The maximum Gasteiger partial charge on any atom is -0.0233 e. The second kappa shape index (κ2) is 42.3. The monoisotopic (exact) mass is 1160 g/mol. The number of hydrogen-bond acceptors (Lipinski definition) is 0. The van der Waals surface area contributed by atoms with E-state index in [1.54, 1.807) is 77.0 Å². The average Bonchev–Trinajstić information content (AvgIpc) is 3.66. The maximum atomic E-state index is 3.96. The molecule has 0 nitrogen and oxygen atoms in total. The van der Waals surface area contributed by atoms with Crippen LogP contribution < -0.4 is 0 Å². The molecule has 0 bridgehead atoms. The summed E-state index contributed by atoms with van der Waals surface area (Å²) in [5.41, 5.74) is 0. The molecular formula is C84H152. The highest BCUT2D eigenvalue weighted by Crippen LogP contribution is 2.47. The SMILES string of the molecule is C/C=C/C1CCC(C2CCC(CCC)CC2)CC1.C=CC1CCC(C2CCC(CCC)CC2)CC1.C=CC1CCC(C2CCC(CCCC)CC2)CC1.CCC1CCC(C2CCC(C)CC2)CC1.CCCC1CCC(C2CCC(C)CC2)CC1. The van der Waals surface area contributed by atoms with Gasteiger partial charge in [0.1, 0.15) is 0 Å². The molecule has 10 rings (SSSR count). The van der Waals surface area contributed by atoms with Crippen LogP contribution in [0.3, 0.4) is 0 Å². The molecule has 10 saturated carbocycles. The first-order valence-corrected chi connectivity index (χ1v) is 40.0. The Bertz CT molecular complexity index is 1590. The quantitative estimate of drug-likeness (QED) is 0.120. The normalized spacial score (nSPS) is 39.5. The fourth-order valence-corrected chi connectivity index (χ4v) is 20.9. The van der Waals surface area contributed by atoms with Crippen LogP contribution in [-0.4, -0.2) is 0 Å². The van der Waals surface area contributed by atoms with Gasteiger partial charge in [-0.2, -0.15) is 0 Å². The molecule has 0 N–H and O–H groups in total. The van der Waals surface area contributed by atoms with Gasteiger partial charge in [-0.1, -0.05) is 227 Å². The Morgan fingerprint density at radius 2 is 0.488 bits per heavy atom. The van der Waals surface area contributed by atoms with E-state index in [-0.39, 0.29) is 0 Å². The van der Waals surface area contributed by atoms with Gasteiger partial charge in [-0.05, 0) is 292 Å². The van der Waals surface area contributed by atoms with Crippen LogP contribution in [-0.2, 0) is 0 Å². The van der Waals surface area contributed by atoms with E-state index in [0.717, 1.165) is 118 Å². The summed E-state index contributed by atoms with van der Waals surface area (Å²) in [4.78, 5) is 0. The van der Waals surface area contributed by atoms with Gasteiger partial charge < -0.3 is 0 Å². The molecule has 0 spiro atoms. The Morgan fingerprint density at radius 1 is 0.262 bits per heavy atom. The largest absolute Gasteiger partial charge is 0.103 e. The third-order valence-electron chi connectivity index (χ3n) is 27.1. The lowest BCUT2D eigenvalue weighted by Crippen LogP contribution is -2.25. The van der Waals surface area contributed by atoms with Crippen LogP contribution in [0.15, 0.2) is 37.5 Å². The maximum absolute atomic E-state index is 3.96. The second-order valence-corrected chi connectivity index (χ2v) is 32.9. The van der Waals surface area contributed by atoms with Crippen LogP contribution in [0, 0.1) is 118 Å². The van der Waals surface area contributed by atoms with E-state index in [1.807, 2.05) is 0 Å². The van der Waals surface area contributed by atoms with Crippen LogP contribution in [0.4, 0.5) is 0 Å². The Hall–Kier alpha value is -0.780. The molecule has 0 aliphatic heterocycles. The zero-order chi connectivity index (χ0) is 59.7. The van der Waals surface area contributed by atoms with E-state index >= 15 is 0 Å². The fourth-order valence-electron chi connectivity index (χ4n) is 20.9. The van der Waals surface area contributed by atoms with Crippen molar-refractivity contribution < 1.29 is 0 Å². The minimum atomic E-state index is 0.835. The van der Waals surface area contributed by atoms with Crippen LogP contribution in [0.2, 0.25) is 0 Å². The Morgan fingerprint density at radius 3 is 0.714 bits per heavy atom. The smallest absolute Gasteiger partial charge is 0.0233 e. The van der Waals surface area contributed by atoms with Gasteiger partial charge in [-0.3, -0.25) is 0 Å². The summed E-state index contributed by atoms with van der Waals surface area (Å²) in [6, 6.07) is 0. The Labute approximate surface area is 529 Å². The molecule has 0 aromatic carbocycles. The van der Waals surface area contributed by atoms with Crippen molar-refractivity contribution in [2.24, 2.45) is 118 Å². The van der Waals surface area contributed by atoms with Crippen LogP contribution in [0.25, 0.3) is 0 Å². The summed E-state index contributed by atoms with van der Waals surface area (Å²) in [6.07, 6.45) is 84.1. The molecule has 0 heteroatoms. The highest BCUT2D eigenvalue weighted by molar-refractivity contribution is 4.92. The Balaban J connectivity index is 0.000000169. The van der Waals surface area contributed by atoms with E-state index in [2.05, 4.69) is 92.9 Å². The van der Waals surface area contributed by atoms with Crippen LogP contribution >= 0.6 is 0 Å². The zero-order valence-electron chi connectivity index (χ0n) is 58.6. The molecule has 84 heavy (non-hydrogen) atoms. The van der Waals surface area contributed by atoms with Gasteiger partial charge in [0, 0.05) is 0 Å². The number of allylic oxidation sites excluding steroid dienone is 4. The van der Waals surface area contributed by atoms with Crippen molar-refractivity contribution in [3.8, 4) is 0 Å². The summed E-state index contributed by atoms with van der Waals surface area (Å²) in [7, 11) is 0. The average molecular weight is 1160 g/mol. The van der Waals surface area contributed by atoms with Crippen molar-refractivity contribution in [2.45, 2.75) is 376 Å².